The van der Waals surface area contributed by atoms with E-state index in [0.29, 0.717) is 11.5 Å². The molecule has 96 valence electrons. The molecule has 1 aromatic rings. The predicted molar refractivity (Wildman–Crippen MR) is 75.5 cm³/mol. The van der Waals surface area contributed by atoms with Crippen LogP contribution in [0.3, 0.4) is 0 Å². The second-order valence-corrected chi connectivity index (χ2v) is 6.12. The highest BCUT2D eigenvalue weighted by atomic mass is 32.1. The third-order valence-electron chi connectivity index (χ3n) is 4.60. The fourth-order valence-electron chi connectivity index (χ4n) is 3.72. The van der Waals surface area contributed by atoms with Gasteiger partial charge in [-0.15, -0.1) is 0 Å². The molecule has 2 bridgehead atoms. The van der Waals surface area contributed by atoms with Crippen LogP contribution in [-0.2, 0) is 6.54 Å². The van der Waals surface area contributed by atoms with Gasteiger partial charge >= 0.3 is 0 Å². The van der Waals surface area contributed by atoms with Gasteiger partial charge in [-0.25, -0.2) is 0 Å². The number of rotatable bonds is 3. The van der Waals surface area contributed by atoms with E-state index >= 15 is 0 Å². The number of hydrogen-bond donors (Lipinski definition) is 1. The monoisotopic (exact) mass is 262 g/mol. The van der Waals surface area contributed by atoms with E-state index in [9.17, 15) is 4.79 Å². The molecule has 3 unspecified atom stereocenters. The van der Waals surface area contributed by atoms with Gasteiger partial charge in [-0.2, -0.15) is 0 Å². The molecule has 0 amide bonds. The maximum atomic E-state index is 12.2. The minimum atomic E-state index is -0.0345. The van der Waals surface area contributed by atoms with E-state index in [-0.39, 0.29) is 10.5 Å². The zero-order chi connectivity index (χ0) is 12.7. The lowest BCUT2D eigenvalue weighted by molar-refractivity contribution is 0.293. The first kappa shape index (κ1) is 11.9. The fraction of sp³-hybridized carbons (Fsp3) is 0.571. The Bertz CT molecular complexity index is 537. The summed E-state index contributed by atoms with van der Waals surface area (Å²) in [4.78, 5) is 12.4. The highest BCUT2D eigenvalue weighted by Gasteiger charge is 2.39. The van der Waals surface area contributed by atoms with Crippen molar-refractivity contribution in [1.82, 2.24) is 4.57 Å². The van der Waals surface area contributed by atoms with Gasteiger partial charge in [0.2, 0.25) is 0 Å². The molecule has 3 rings (SSSR count). The lowest BCUT2D eigenvalue weighted by Gasteiger charge is -2.22. The lowest BCUT2D eigenvalue weighted by atomic mass is 9.89. The second kappa shape index (κ2) is 4.50. The van der Waals surface area contributed by atoms with Crippen molar-refractivity contribution in [2.45, 2.75) is 32.2 Å². The third-order valence-corrected chi connectivity index (χ3v) is 4.82. The molecule has 0 spiro atoms. The van der Waals surface area contributed by atoms with Crippen molar-refractivity contribution in [2.24, 2.45) is 23.5 Å². The van der Waals surface area contributed by atoms with Gasteiger partial charge in [0.05, 0.1) is 5.56 Å². The molecule has 2 aliphatic rings. The second-order valence-electron chi connectivity index (χ2n) is 5.68. The molecule has 1 aromatic heterocycles. The fourth-order valence-corrected chi connectivity index (χ4v) is 3.88. The molecule has 2 aliphatic carbocycles. The van der Waals surface area contributed by atoms with E-state index in [0.717, 1.165) is 18.4 Å². The van der Waals surface area contributed by atoms with Crippen molar-refractivity contribution in [3.8, 4) is 0 Å². The van der Waals surface area contributed by atoms with E-state index in [1.54, 1.807) is 10.6 Å². The molecule has 1 heterocycles. The average molecular weight is 262 g/mol. The highest BCUT2D eigenvalue weighted by molar-refractivity contribution is 7.80. The van der Waals surface area contributed by atoms with Crippen molar-refractivity contribution in [3.05, 3.63) is 34.2 Å². The van der Waals surface area contributed by atoms with Crippen LogP contribution in [-0.4, -0.2) is 9.56 Å². The summed E-state index contributed by atoms with van der Waals surface area (Å²) in [5.41, 5.74) is 6.00. The minimum absolute atomic E-state index is 0.0345. The summed E-state index contributed by atoms with van der Waals surface area (Å²) < 4.78 is 1.79. The molecule has 3 atom stereocenters. The van der Waals surface area contributed by atoms with Gasteiger partial charge in [0, 0.05) is 12.7 Å². The van der Waals surface area contributed by atoms with Crippen LogP contribution in [0.5, 0.6) is 0 Å². The van der Waals surface area contributed by atoms with Gasteiger partial charge < -0.3 is 10.3 Å². The lowest BCUT2D eigenvalue weighted by Crippen LogP contribution is -2.31. The van der Waals surface area contributed by atoms with Crippen LogP contribution in [0.1, 0.15) is 31.2 Å². The third kappa shape index (κ3) is 1.99. The molecule has 2 fully saturated rings. The Morgan fingerprint density at radius 2 is 2.28 bits per heavy atom. The van der Waals surface area contributed by atoms with Crippen LogP contribution in [0.4, 0.5) is 0 Å². The van der Waals surface area contributed by atoms with Crippen molar-refractivity contribution >= 4 is 17.2 Å². The largest absolute Gasteiger partial charge is 0.389 e. The Morgan fingerprint density at radius 3 is 2.89 bits per heavy atom. The van der Waals surface area contributed by atoms with Crippen LogP contribution < -0.4 is 11.3 Å². The molecular weight excluding hydrogens is 244 g/mol. The number of fused-ring (bicyclic) bond motifs is 2. The van der Waals surface area contributed by atoms with Crippen molar-refractivity contribution in [3.63, 3.8) is 0 Å². The zero-order valence-electron chi connectivity index (χ0n) is 10.3. The quantitative estimate of drug-likeness (QED) is 0.847. The molecule has 0 radical (unpaired) electrons. The first-order chi connectivity index (χ1) is 8.65. The zero-order valence-corrected chi connectivity index (χ0v) is 11.2. The number of aromatic nitrogens is 1. The van der Waals surface area contributed by atoms with Crippen LogP contribution in [0.25, 0.3) is 0 Å². The van der Waals surface area contributed by atoms with Gasteiger partial charge in [0.15, 0.2) is 0 Å². The van der Waals surface area contributed by atoms with E-state index in [2.05, 4.69) is 0 Å². The summed E-state index contributed by atoms with van der Waals surface area (Å²) in [5.74, 6) is 2.41. The summed E-state index contributed by atoms with van der Waals surface area (Å²) in [5, 5.41) is 0. The van der Waals surface area contributed by atoms with E-state index < -0.39 is 0 Å². The summed E-state index contributed by atoms with van der Waals surface area (Å²) in [6, 6.07) is 3.57. The molecule has 0 aromatic carbocycles. The number of pyridine rings is 1. The van der Waals surface area contributed by atoms with Crippen molar-refractivity contribution in [2.75, 3.05) is 0 Å². The van der Waals surface area contributed by atoms with Gasteiger partial charge in [-0.05, 0) is 49.1 Å². The first-order valence-electron chi connectivity index (χ1n) is 6.64. The Labute approximate surface area is 112 Å². The van der Waals surface area contributed by atoms with Gasteiger partial charge in [0.25, 0.3) is 5.56 Å². The SMILES string of the molecule is NC(=S)c1cccn(CC2CC3CCC2C3)c1=O. The normalized spacial score (nSPS) is 29.7. The summed E-state index contributed by atoms with van der Waals surface area (Å²) in [7, 11) is 0. The van der Waals surface area contributed by atoms with Gasteiger partial charge in [-0.1, -0.05) is 18.6 Å². The Morgan fingerprint density at radius 1 is 1.44 bits per heavy atom. The topological polar surface area (TPSA) is 48.0 Å². The Hall–Kier alpha value is -1.16. The molecule has 0 aliphatic heterocycles. The van der Waals surface area contributed by atoms with Gasteiger partial charge in [-0.3, -0.25) is 4.79 Å². The molecular formula is C14H18N2OS. The average Bonchev–Trinajstić information content (AvgIpc) is 2.93. The molecule has 0 saturated heterocycles. The van der Waals surface area contributed by atoms with E-state index in [1.165, 1.54) is 25.7 Å². The highest BCUT2D eigenvalue weighted by Crippen LogP contribution is 2.48. The van der Waals surface area contributed by atoms with Crippen molar-refractivity contribution < 1.29 is 0 Å². The minimum Gasteiger partial charge on any atom is -0.389 e. The standard InChI is InChI=1S/C14H18N2OS/c15-13(18)12-2-1-5-16(14(12)17)8-11-7-9-3-4-10(11)6-9/h1-2,5,9-11H,3-4,6-8H2,(H2,15,18). The predicted octanol–water partition coefficient (Wildman–Crippen LogP) is 1.92. The van der Waals surface area contributed by atoms with Crippen LogP contribution in [0.15, 0.2) is 23.1 Å². The maximum absolute atomic E-state index is 12.2. The van der Waals surface area contributed by atoms with Crippen molar-refractivity contribution in [1.29, 1.82) is 0 Å². The Balaban J connectivity index is 1.83. The number of thiocarbonyl (C=S) groups is 1. The summed E-state index contributed by atoms with van der Waals surface area (Å²) in [6.45, 7) is 0.830. The van der Waals surface area contributed by atoms with E-state index in [4.69, 9.17) is 18.0 Å². The van der Waals surface area contributed by atoms with Crippen LogP contribution >= 0.6 is 12.2 Å². The smallest absolute Gasteiger partial charge is 0.260 e. The Kier molecular flexibility index (Phi) is 2.98. The summed E-state index contributed by atoms with van der Waals surface area (Å²) >= 11 is 4.91. The molecule has 3 nitrogen and oxygen atoms in total. The first-order valence-corrected chi connectivity index (χ1v) is 7.05. The molecule has 18 heavy (non-hydrogen) atoms. The summed E-state index contributed by atoms with van der Waals surface area (Å²) in [6.07, 6.45) is 7.25. The van der Waals surface area contributed by atoms with Gasteiger partial charge in [0.1, 0.15) is 4.99 Å². The molecule has 4 heteroatoms. The number of nitrogens with zero attached hydrogens (tertiary/aromatic N) is 1. The number of nitrogens with two attached hydrogens (primary N) is 1. The molecule has 2 N–H and O–H groups in total. The van der Waals surface area contributed by atoms with Crippen LogP contribution in [0, 0.1) is 17.8 Å². The molecule has 2 saturated carbocycles. The number of hydrogen-bond acceptors (Lipinski definition) is 2. The van der Waals surface area contributed by atoms with Crippen LogP contribution in [0.2, 0.25) is 0 Å². The maximum Gasteiger partial charge on any atom is 0.260 e. The van der Waals surface area contributed by atoms with E-state index in [1.807, 2.05) is 12.3 Å².